The summed E-state index contributed by atoms with van der Waals surface area (Å²) in [7, 11) is 0. The number of carbonyl (C=O) groups is 3. The van der Waals surface area contributed by atoms with E-state index >= 15 is 0 Å². The summed E-state index contributed by atoms with van der Waals surface area (Å²) in [6, 6.07) is 10.5. The van der Waals surface area contributed by atoms with Crippen LogP contribution in [0.5, 0.6) is 0 Å². The van der Waals surface area contributed by atoms with Gasteiger partial charge in [-0.15, -0.1) is 0 Å². The molecule has 0 aliphatic carbocycles. The van der Waals surface area contributed by atoms with E-state index in [0.717, 1.165) is 31.5 Å². The Balaban J connectivity index is 1.38. The number of hydrogen-bond acceptors (Lipinski definition) is 4. The van der Waals surface area contributed by atoms with Crippen molar-refractivity contribution in [1.29, 1.82) is 0 Å². The standard InChI is InChI=1S/C22H23ClN4O3/c23-17-7-10-19(24-13-17)25-21(29)16-3-1-11-26(14-16)22(30)15-5-8-18(9-6-15)27-12-2-4-20(27)28/h5-10,13,16H,1-4,11-12,14H2,(H,24,25,29). The number of hydrogen-bond donors (Lipinski definition) is 1. The van der Waals surface area contributed by atoms with Crippen LogP contribution in [0.25, 0.3) is 0 Å². The van der Waals surface area contributed by atoms with Crippen LogP contribution in [0.3, 0.4) is 0 Å². The van der Waals surface area contributed by atoms with Crippen LogP contribution in [0.2, 0.25) is 5.02 Å². The van der Waals surface area contributed by atoms with Crippen LogP contribution in [-0.2, 0) is 9.59 Å². The zero-order chi connectivity index (χ0) is 21.1. The summed E-state index contributed by atoms with van der Waals surface area (Å²) in [5.74, 6) is 0.0253. The smallest absolute Gasteiger partial charge is 0.253 e. The van der Waals surface area contributed by atoms with Crippen LogP contribution >= 0.6 is 11.6 Å². The molecule has 0 bridgehead atoms. The maximum Gasteiger partial charge on any atom is 0.253 e. The molecule has 4 rings (SSSR count). The Bertz CT molecular complexity index is 946. The number of nitrogens with zero attached hydrogens (tertiary/aromatic N) is 3. The lowest BCUT2D eigenvalue weighted by Crippen LogP contribution is -2.43. The summed E-state index contributed by atoms with van der Waals surface area (Å²) in [6.07, 6.45) is 4.40. The molecule has 2 aliphatic heterocycles. The van der Waals surface area contributed by atoms with Crippen LogP contribution in [0, 0.1) is 5.92 Å². The molecule has 2 saturated heterocycles. The molecule has 8 heteroatoms. The van der Waals surface area contributed by atoms with Crippen LogP contribution in [0.15, 0.2) is 42.6 Å². The Morgan fingerprint density at radius 3 is 2.53 bits per heavy atom. The predicted molar refractivity (Wildman–Crippen MR) is 115 cm³/mol. The Hall–Kier alpha value is -2.93. The van der Waals surface area contributed by atoms with E-state index in [2.05, 4.69) is 10.3 Å². The Morgan fingerprint density at radius 1 is 1.07 bits per heavy atom. The lowest BCUT2D eigenvalue weighted by Gasteiger charge is -2.32. The van der Waals surface area contributed by atoms with Crippen molar-refractivity contribution in [3.05, 3.63) is 53.2 Å². The van der Waals surface area contributed by atoms with Gasteiger partial charge in [0.15, 0.2) is 0 Å². The van der Waals surface area contributed by atoms with Gasteiger partial charge in [-0.3, -0.25) is 14.4 Å². The van der Waals surface area contributed by atoms with E-state index in [1.54, 1.807) is 34.1 Å². The van der Waals surface area contributed by atoms with Gasteiger partial charge in [-0.25, -0.2) is 4.98 Å². The minimum atomic E-state index is -0.290. The number of aromatic nitrogens is 1. The fourth-order valence-corrected chi connectivity index (χ4v) is 4.05. The number of rotatable bonds is 4. The van der Waals surface area contributed by atoms with Crippen molar-refractivity contribution in [2.75, 3.05) is 29.9 Å². The molecule has 1 aromatic carbocycles. The normalized spacial score (nSPS) is 19.1. The van der Waals surface area contributed by atoms with E-state index in [1.165, 1.54) is 6.20 Å². The molecule has 7 nitrogen and oxygen atoms in total. The van der Waals surface area contributed by atoms with Gasteiger partial charge in [0.25, 0.3) is 5.91 Å². The summed E-state index contributed by atoms with van der Waals surface area (Å²) in [5, 5.41) is 3.30. The second-order valence-electron chi connectivity index (χ2n) is 7.64. The third-order valence-electron chi connectivity index (χ3n) is 5.56. The summed E-state index contributed by atoms with van der Waals surface area (Å²) in [6.45, 7) is 1.70. The fourth-order valence-electron chi connectivity index (χ4n) is 3.94. The number of benzene rings is 1. The van der Waals surface area contributed by atoms with Crippen molar-refractivity contribution in [2.45, 2.75) is 25.7 Å². The largest absolute Gasteiger partial charge is 0.338 e. The van der Waals surface area contributed by atoms with Crippen molar-refractivity contribution < 1.29 is 14.4 Å². The predicted octanol–water partition coefficient (Wildman–Crippen LogP) is 3.35. The SMILES string of the molecule is O=C(Nc1ccc(Cl)cn1)C1CCCN(C(=O)c2ccc(N3CCCC3=O)cc2)C1. The molecule has 2 aromatic rings. The zero-order valence-corrected chi connectivity index (χ0v) is 17.3. The fraction of sp³-hybridized carbons (Fsp3) is 0.364. The Kier molecular flexibility index (Phi) is 5.99. The van der Waals surface area contributed by atoms with Gasteiger partial charge in [0, 0.05) is 43.5 Å². The van der Waals surface area contributed by atoms with Crippen LogP contribution < -0.4 is 10.2 Å². The number of anilines is 2. The van der Waals surface area contributed by atoms with Crippen molar-refractivity contribution in [1.82, 2.24) is 9.88 Å². The first kappa shape index (κ1) is 20.3. The number of piperidine rings is 1. The van der Waals surface area contributed by atoms with Crippen molar-refractivity contribution in [3.8, 4) is 0 Å². The number of nitrogens with one attached hydrogen (secondary N) is 1. The summed E-state index contributed by atoms with van der Waals surface area (Å²) in [5.41, 5.74) is 1.38. The zero-order valence-electron chi connectivity index (χ0n) is 16.5. The van der Waals surface area contributed by atoms with Gasteiger partial charge in [-0.05, 0) is 55.7 Å². The quantitative estimate of drug-likeness (QED) is 0.812. The van der Waals surface area contributed by atoms with Crippen molar-refractivity contribution in [2.24, 2.45) is 5.92 Å². The van der Waals surface area contributed by atoms with Gasteiger partial charge >= 0.3 is 0 Å². The second-order valence-corrected chi connectivity index (χ2v) is 8.07. The average Bonchev–Trinajstić information content (AvgIpc) is 3.21. The molecular formula is C22H23ClN4O3. The second kappa shape index (κ2) is 8.83. The maximum atomic E-state index is 12.9. The molecule has 2 fully saturated rings. The van der Waals surface area contributed by atoms with Crippen LogP contribution in [0.4, 0.5) is 11.5 Å². The molecule has 156 valence electrons. The molecule has 3 amide bonds. The van der Waals surface area contributed by atoms with Crippen molar-refractivity contribution >= 4 is 40.8 Å². The van der Waals surface area contributed by atoms with E-state index in [-0.39, 0.29) is 23.6 Å². The molecule has 2 aliphatic rings. The minimum Gasteiger partial charge on any atom is -0.338 e. The van der Waals surface area contributed by atoms with Crippen LogP contribution in [0.1, 0.15) is 36.0 Å². The highest BCUT2D eigenvalue weighted by Gasteiger charge is 2.29. The van der Waals surface area contributed by atoms with Gasteiger partial charge in [0.1, 0.15) is 5.82 Å². The molecule has 1 N–H and O–H groups in total. The molecule has 0 radical (unpaired) electrons. The highest BCUT2D eigenvalue weighted by molar-refractivity contribution is 6.30. The topological polar surface area (TPSA) is 82.6 Å². The molecule has 1 unspecified atom stereocenters. The lowest BCUT2D eigenvalue weighted by molar-refractivity contribution is -0.121. The summed E-state index contributed by atoms with van der Waals surface area (Å²) >= 11 is 5.82. The van der Waals surface area contributed by atoms with Gasteiger partial charge in [0.05, 0.1) is 10.9 Å². The molecule has 1 aromatic heterocycles. The Morgan fingerprint density at radius 2 is 1.87 bits per heavy atom. The van der Waals surface area contributed by atoms with Gasteiger partial charge in [0.2, 0.25) is 11.8 Å². The molecule has 1 atom stereocenters. The molecule has 0 spiro atoms. The van der Waals surface area contributed by atoms with Crippen molar-refractivity contribution in [3.63, 3.8) is 0 Å². The first-order valence-corrected chi connectivity index (χ1v) is 10.5. The van der Waals surface area contributed by atoms with E-state index in [9.17, 15) is 14.4 Å². The number of halogens is 1. The van der Waals surface area contributed by atoms with Gasteiger partial charge < -0.3 is 15.1 Å². The summed E-state index contributed by atoms with van der Waals surface area (Å²) < 4.78 is 0. The maximum absolute atomic E-state index is 12.9. The minimum absolute atomic E-state index is 0.101. The first-order chi connectivity index (χ1) is 14.5. The number of pyridine rings is 1. The van der Waals surface area contributed by atoms with Gasteiger partial charge in [-0.2, -0.15) is 0 Å². The highest BCUT2D eigenvalue weighted by Crippen LogP contribution is 2.24. The number of likely N-dealkylation sites (tertiary alicyclic amines) is 1. The molecular weight excluding hydrogens is 404 g/mol. The van der Waals surface area contributed by atoms with Crippen LogP contribution in [-0.4, -0.2) is 47.2 Å². The monoisotopic (exact) mass is 426 g/mol. The van der Waals surface area contributed by atoms with E-state index in [1.807, 2.05) is 12.1 Å². The van der Waals surface area contributed by atoms with E-state index < -0.39 is 0 Å². The number of carbonyl (C=O) groups excluding carboxylic acids is 3. The highest BCUT2D eigenvalue weighted by atomic mass is 35.5. The number of amides is 3. The third kappa shape index (κ3) is 4.46. The average molecular weight is 427 g/mol. The molecule has 30 heavy (non-hydrogen) atoms. The molecule has 0 saturated carbocycles. The van der Waals surface area contributed by atoms with E-state index in [4.69, 9.17) is 11.6 Å². The summed E-state index contributed by atoms with van der Waals surface area (Å²) in [4.78, 5) is 45.0. The molecule has 3 heterocycles. The lowest BCUT2D eigenvalue weighted by atomic mass is 9.96. The first-order valence-electron chi connectivity index (χ1n) is 10.1. The third-order valence-corrected chi connectivity index (χ3v) is 5.78. The van der Waals surface area contributed by atoms with E-state index in [0.29, 0.717) is 35.9 Å². The van der Waals surface area contributed by atoms with Gasteiger partial charge in [-0.1, -0.05) is 11.6 Å². The Labute approximate surface area is 180 Å².